The number of pyridine rings is 1. The molecule has 3 nitrogen and oxygen atoms in total. The van der Waals surface area contributed by atoms with Gasteiger partial charge in [0.05, 0.1) is 11.3 Å². The molecule has 1 atom stereocenters. The molecular weight excluding hydrogens is 488 g/mol. The smallest absolute Gasteiger partial charge is 0.344 e. The van der Waals surface area contributed by atoms with Gasteiger partial charge in [-0.1, -0.05) is 48.2 Å². The lowest BCUT2D eigenvalue weighted by Crippen LogP contribution is -2.09. The number of nitrogens with zero attached hydrogens (tertiary/aromatic N) is 2. The molecule has 11 heteroatoms. The van der Waals surface area contributed by atoms with Gasteiger partial charge in [-0.2, -0.15) is 13.2 Å². The molecule has 3 rings (SSSR count). The lowest BCUT2D eigenvalue weighted by Gasteiger charge is -2.09. The second-order valence-corrected chi connectivity index (χ2v) is 9.04. The Morgan fingerprint density at radius 3 is 2.70 bits per heavy atom. The van der Waals surface area contributed by atoms with Gasteiger partial charge in [0.2, 0.25) is 5.92 Å². The van der Waals surface area contributed by atoms with Gasteiger partial charge in [0.25, 0.3) is 0 Å². The molecule has 2 aromatic rings. The SMILES string of the molecule is C=C/C(C)=C(\C=C/Cc1[nH]c(C2CCC(F)(F)C2)nc1Cl)Sc1ncc(C(F)(F)F)cc1F. The van der Waals surface area contributed by atoms with Crippen LogP contribution in [0.1, 0.15) is 49.2 Å². The van der Waals surface area contributed by atoms with Gasteiger partial charge >= 0.3 is 6.18 Å². The highest BCUT2D eigenvalue weighted by atomic mass is 35.5. The maximum atomic E-state index is 14.2. The highest BCUT2D eigenvalue weighted by Gasteiger charge is 2.41. The second-order valence-electron chi connectivity index (χ2n) is 7.66. The molecule has 33 heavy (non-hydrogen) atoms. The van der Waals surface area contributed by atoms with Crippen LogP contribution in [0.15, 0.2) is 52.6 Å². The fraction of sp³-hybridized carbons (Fsp3) is 0.364. The van der Waals surface area contributed by atoms with Crippen molar-refractivity contribution in [1.29, 1.82) is 0 Å². The number of allylic oxidation sites excluding steroid dienone is 4. The number of thioether (sulfide) groups is 1. The number of halogens is 7. The molecule has 0 amide bonds. The topological polar surface area (TPSA) is 41.6 Å². The summed E-state index contributed by atoms with van der Waals surface area (Å²) in [7, 11) is 0. The van der Waals surface area contributed by atoms with Gasteiger partial charge in [0, 0.05) is 36.3 Å². The van der Waals surface area contributed by atoms with E-state index in [-0.39, 0.29) is 29.4 Å². The molecular formula is C22H20ClF6N3S. The van der Waals surface area contributed by atoms with E-state index in [1.54, 1.807) is 19.1 Å². The van der Waals surface area contributed by atoms with Gasteiger partial charge in [-0.05, 0) is 25.0 Å². The standard InChI is InChI=1S/C22H20ClF6N3S/c1-3-12(2)17(33-20-15(24)9-14(11-30-20)22(27,28)29)6-4-5-16-18(23)32-19(31-16)13-7-8-21(25,26)10-13/h3-4,6,9,11,13H,1,5,7-8,10H2,2H3,(H,31,32)/b6-4-,17-12+. The van der Waals surface area contributed by atoms with Crippen molar-refractivity contribution in [3.63, 3.8) is 0 Å². The molecule has 0 saturated heterocycles. The van der Waals surface area contributed by atoms with Gasteiger partial charge in [0.1, 0.15) is 10.9 Å². The average Bonchev–Trinajstić information content (AvgIpc) is 3.28. The van der Waals surface area contributed by atoms with Gasteiger partial charge in [-0.15, -0.1) is 0 Å². The van der Waals surface area contributed by atoms with E-state index in [1.165, 1.54) is 6.08 Å². The van der Waals surface area contributed by atoms with Gasteiger partial charge in [-0.3, -0.25) is 0 Å². The molecule has 178 valence electrons. The summed E-state index contributed by atoms with van der Waals surface area (Å²) >= 11 is 7.01. The first kappa shape index (κ1) is 25.4. The van der Waals surface area contributed by atoms with Crippen LogP contribution < -0.4 is 0 Å². The zero-order chi connectivity index (χ0) is 24.4. The van der Waals surface area contributed by atoms with Crippen molar-refractivity contribution < 1.29 is 26.3 Å². The fourth-order valence-electron chi connectivity index (χ4n) is 3.31. The largest absolute Gasteiger partial charge is 0.417 e. The van der Waals surface area contributed by atoms with E-state index in [9.17, 15) is 26.3 Å². The highest BCUT2D eigenvalue weighted by Crippen LogP contribution is 2.43. The Hall–Kier alpha value is -2.20. The molecule has 0 spiro atoms. The monoisotopic (exact) mass is 507 g/mol. The summed E-state index contributed by atoms with van der Waals surface area (Å²) in [6.07, 6.45) is 0.886. The molecule has 1 saturated carbocycles. The molecule has 1 N–H and O–H groups in total. The molecule has 1 aliphatic rings. The van der Waals surface area contributed by atoms with Crippen LogP contribution in [-0.2, 0) is 12.6 Å². The molecule has 0 aromatic carbocycles. The number of hydrogen-bond acceptors (Lipinski definition) is 3. The zero-order valence-electron chi connectivity index (χ0n) is 17.4. The number of aromatic nitrogens is 3. The predicted molar refractivity (Wildman–Crippen MR) is 116 cm³/mol. The Morgan fingerprint density at radius 1 is 1.39 bits per heavy atom. The summed E-state index contributed by atoms with van der Waals surface area (Å²) in [4.78, 5) is 11.3. The third kappa shape index (κ3) is 6.44. The summed E-state index contributed by atoms with van der Waals surface area (Å²) in [5.41, 5.74) is 0.0232. The minimum Gasteiger partial charge on any atom is -0.344 e. The Kier molecular flexibility index (Phi) is 7.68. The first-order valence-electron chi connectivity index (χ1n) is 9.92. The second kappa shape index (κ2) is 9.97. The van der Waals surface area contributed by atoms with Crippen LogP contribution in [0.5, 0.6) is 0 Å². The quantitative estimate of drug-likeness (QED) is 0.235. The Morgan fingerprint density at radius 2 is 2.12 bits per heavy atom. The minimum atomic E-state index is -4.69. The molecule has 2 heterocycles. The van der Waals surface area contributed by atoms with E-state index in [0.717, 1.165) is 11.8 Å². The summed E-state index contributed by atoms with van der Waals surface area (Å²) < 4.78 is 79.4. The number of aromatic amines is 1. The van der Waals surface area contributed by atoms with E-state index in [1.807, 2.05) is 0 Å². The van der Waals surface area contributed by atoms with Crippen LogP contribution in [0.3, 0.4) is 0 Å². The first-order valence-corrected chi connectivity index (χ1v) is 11.1. The summed E-state index contributed by atoms with van der Waals surface area (Å²) in [5, 5.41) is -0.0354. The Bertz CT molecular complexity index is 1090. The molecule has 1 aliphatic carbocycles. The van der Waals surface area contributed by atoms with E-state index >= 15 is 0 Å². The number of alkyl halides is 5. The van der Waals surface area contributed by atoms with Crippen molar-refractivity contribution in [2.24, 2.45) is 0 Å². The van der Waals surface area contributed by atoms with E-state index in [4.69, 9.17) is 11.6 Å². The maximum Gasteiger partial charge on any atom is 0.417 e. The Balaban J connectivity index is 1.74. The molecule has 0 aliphatic heterocycles. The summed E-state index contributed by atoms with van der Waals surface area (Å²) in [6.45, 7) is 5.38. The lowest BCUT2D eigenvalue weighted by atomic mass is 10.1. The fourth-order valence-corrected chi connectivity index (χ4v) is 4.40. The van der Waals surface area contributed by atoms with Gasteiger partial charge in [-0.25, -0.2) is 23.1 Å². The maximum absolute atomic E-state index is 14.2. The van der Waals surface area contributed by atoms with Crippen molar-refractivity contribution in [3.8, 4) is 0 Å². The van der Waals surface area contributed by atoms with Crippen LogP contribution in [0.25, 0.3) is 0 Å². The molecule has 2 aromatic heterocycles. The summed E-state index contributed by atoms with van der Waals surface area (Å²) in [5.74, 6) is -3.76. The molecule has 1 unspecified atom stereocenters. The molecule has 0 radical (unpaired) electrons. The lowest BCUT2D eigenvalue weighted by molar-refractivity contribution is -0.138. The number of imidazole rings is 1. The minimum absolute atomic E-state index is 0.180. The van der Waals surface area contributed by atoms with Crippen molar-refractivity contribution in [1.82, 2.24) is 15.0 Å². The van der Waals surface area contributed by atoms with E-state index < -0.39 is 29.4 Å². The van der Waals surface area contributed by atoms with Crippen LogP contribution in [-0.4, -0.2) is 20.9 Å². The zero-order valence-corrected chi connectivity index (χ0v) is 19.0. The number of hydrogen-bond donors (Lipinski definition) is 1. The predicted octanol–water partition coefficient (Wildman–Crippen LogP) is 7.87. The van der Waals surface area contributed by atoms with Crippen LogP contribution in [0.2, 0.25) is 5.15 Å². The van der Waals surface area contributed by atoms with Crippen molar-refractivity contribution >= 4 is 23.4 Å². The molecule has 0 bridgehead atoms. The van der Waals surface area contributed by atoms with Crippen LogP contribution >= 0.6 is 23.4 Å². The van der Waals surface area contributed by atoms with Crippen molar-refractivity contribution in [2.75, 3.05) is 0 Å². The first-order chi connectivity index (χ1) is 15.4. The van der Waals surface area contributed by atoms with E-state index in [2.05, 4.69) is 21.5 Å². The molecule has 1 fully saturated rings. The third-order valence-corrected chi connectivity index (χ3v) is 6.65. The van der Waals surface area contributed by atoms with Crippen LogP contribution in [0.4, 0.5) is 26.3 Å². The number of H-pyrrole nitrogens is 1. The van der Waals surface area contributed by atoms with Gasteiger partial charge < -0.3 is 4.98 Å². The van der Waals surface area contributed by atoms with Crippen LogP contribution in [0, 0.1) is 5.82 Å². The van der Waals surface area contributed by atoms with Gasteiger partial charge in [0.15, 0.2) is 11.0 Å². The van der Waals surface area contributed by atoms with Crippen molar-refractivity contribution in [3.05, 3.63) is 75.6 Å². The number of rotatable bonds is 7. The third-order valence-electron chi connectivity index (χ3n) is 5.16. The normalized spacial score (nSPS) is 19.2. The van der Waals surface area contributed by atoms with E-state index in [0.29, 0.717) is 40.7 Å². The van der Waals surface area contributed by atoms with Crippen molar-refractivity contribution in [2.45, 2.75) is 55.6 Å². The Labute approximate surface area is 196 Å². The average molecular weight is 508 g/mol. The number of nitrogens with one attached hydrogen (secondary N) is 1. The summed E-state index contributed by atoms with van der Waals surface area (Å²) in [6, 6.07) is 0.401. The highest BCUT2D eigenvalue weighted by molar-refractivity contribution is 8.03.